The fraction of sp³-hybridized carbons (Fsp3) is 0. The van der Waals surface area contributed by atoms with E-state index in [9.17, 15) is 0 Å². The van der Waals surface area contributed by atoms with E-state index in [-0.39, 0.29) is 0 Å². The molecule has 5 nitrogen and oxygen atoms in total. The summed E-state index contributed by atoms with van der Waals surface area (Å²) in [6.07, 6.45) is 5.27. The van der Waals surface area contributed by atoms with Crippen LogP contribution in [-0.2, 0) is 0 Å². The van der Waals surface area contributed by atoms with Gasteiger partial charge in [0.25, 0.3) is 0 Å². The van der Waals surface area contributed by atoms with Gasteiger partial charge in [-0.3, -0.25) is 14.5 Å². The van der Waals surface area contributed by atoms with E-state index in [0.29, 0.717) is 5.82 Å². The Morgan fingerprint density at radius 2 is 1.39 bits per heavy atom. The van der Waals surface area contributed by atoms with Gasteiger partial charge < -0.3 is 0 Å². The number of hydrogen-bond acceptors (Lipinski definition) is 4. The zero-order valence-corrected chi connectivity index (χ0v) is 12.2. The van der Waals surface area contributed by atoms with Crippen molar-refractivity contribution in [1.82, 2.24) is 24.7 Å². The number of pyridine rings is 2. The third-order valence-corrected chi connectivity index (χ3v) is 3.51. The van der Waals surface area contributed by atoms with Crippen molar-refractivity contribution >= 4 is 0 Å². The van der Waals surface area contributed by atoms with Crippen molar-refractivity contribution in [2.24, 2.45) is 0 Å². The Labute approximate surface area is 133 Å². The fourth-order valence-electron chi connectivity index (χ4n) is 2.46. The third kappa shape index (κ3) is 2.48. The van der Waals surface area contributed by atoms with E-state index in [1.165, 1.54) is 0 Å². The number of hydrogen-bond donors (Lipinski definition) is 0. The molecule has 1 aromatic carbocycles. The van der Waals surface area contributed by atoms with Gasteiger partial charge in [-0.25, -0.2) is 0 Å². The highest BCUT2D eigenvalue weighted by Crippen LogP contribution is 2.26. The summed E-state index contributed by atoms with van der Waals surface area (Å²) in [7, 11) is 0. The number of rotatable bonds is 3. The molecule has 23 heavy (non-hydrogen) atoms. The average Bonchev–Trinajstić information content (AvgIpc) is 3.09. The van der Waals surface area contributed by atoms with Crippen LogP contribution in [0.4, 0.5) is 0 Å². The summed E-state index contributed by atoms with van der Waals surface area (Å²) in [6.45, 7) is 0. The van der Waals surface area contributed by atoms with E-state index >= 15 is 0 Å². The van der Waals surface area contributed by atoms with Crippen molar-refractivity contribution in [3.63, 3.8) is 0 Å². The van der Waals surface area contributed by atoms with E-state index < -0.39 is 0 Å². The smallest absolute Gasteiger partial charge is 0.187 e. The lowest BCUT2D eigenvalue weighted by Crippen LogP contribution is -2.01. The summed E-state index contributed by atoms with van der Waals surface area (Å²) >= 11 is 0. The summed E-state index contributed by atoms with van der Waals surface area (Å²) in [5.74, 6) is 1.48. The van der Waals surface area contributed by atoms with Crippen LogP contribution in [0.2, 0.25) is 0 Å². The van der Waals surface area contributed by atoms with Crippen LogP contribution in [0.3, 0.4) is 0 Å². The van der Waals surface area contributed by atoms with Crippen molar-refractivity contribution < 1.29 is 0 Å². The summed E-state index contributed by atoms with van der Waals surface area (Å²) in [5.41, 5.74) is 2.72. The lowest BCUT2D eigenvalue weighted by atomic mass is 10.2. The molecule has 0 aliphatic carbocycles. The van der Waals surface area contributed by atoms with Gasteiger partial charge in [-0.15, -0.1) is 10.2 Å². The molecule has 0 N–H and O–H groups in total. The molecule has 0 saturated carbocycles. The Hall–Kier alpha value is -3.34. The van der Waals surface area contributed by atoms with Gasteiger partial charge in [0.1, 0.15) is 5.69 Å². The lowest BCUT2D eigenvalue weighted by Gasteiger charge is -2.10. The zero-order chi connectivity index (χ0) is 15.5. The summed E-state index contributed by atoms with van der Waals surface area (Å²) in [4.78, 5) is 8.49. The predicted molar refractivity (Wildman–Crippen MR) is 87.8 cm³/mol. The van der Waals surface area contributed by atoms with Gasteiger partial charge in [-0.05, 0) is 24.3 Å². The van der Waals surface area contributed by atoms with Crippen LogP contribution >= 0.6 is 0 Å². The topological polar surface area (TPSA) is 56.5 Å². The van der Waals surface area contributed by atoms with Crippen molar-refractivity contribution in [3.05, 3.63) is 79.3 Å². The minimum absolute atomic E-state index is 0.704. The van der Waals surface area contributed by atoms with Crippen LogP contribution in [0.1, 0.15) is 0 Å². The minimum Gasteiger partial charge on any atom is -0.274 e. The molecule has 4 rings (SSSR count). The standard InChI is InChI=1S/C18H13N5/c1-2-6-14(7-3-1)17-21-22-18(16-8-4-5-11-20-16)23(17)15-9-12-19-13-10-15/h1-13H. The Bertz CT molecular complexity index is 845. The highest BCUT2D eigenvalue weighted by Gasteiger charge is 2.17. The maximum atomic E-state index is 4.40. The van der Waals surface area contributed by atoms with Gasteiger partial charge in [0.15, 0.2) is 11.6 Å². The van der Waals surface area contributed by atoms with Crippen LogP contribution in [0, 0.1) is 0 Å². The van der Waals surface area contributed by atoms with E-state index in [1.807, 2.05) is 65.2 Å². The highest BCUT2D eigenvalue weighted by molar-refractivity contribution is 5.64. The Balaban J connectivity index is 1.97. The minimum atomic E-state index is 0.704. The molecule has 3 aromatic heterocycles. The first kappa shape index (κ1) is 13.3. The van der Waals surface area contributed by atoms with Crippen molar-refractivity contribution in [3.8, 4) is 28.6 Å². The zero-order valence-electron chi connectivity index (χ0n) is 12.2. The molecule has 0 amide bonds. The molecule has 4 aromatic rings. The molecule has 0 fully saturated rings. The molecule has 0 aliphatic rings. The average molecular weight is 299 g/mol. The van der Waals surface area contributed by atoms with Gasteiger partial charge in [-0.2, -0.15) is 0 Å². The van der Waals surface area contributed by atoms with Gasteiger partial charge in [0.05, 0.1) is 5.69 Å². The SMILES string of the molecule is c1ccc(-c2nnc(-c3ccccn3)n2-c2ccncc2)cc1. The Kier molecular flexibility index (Phi) is 3.37. The summed E-state index contributed by atoms with van der Waals surface area (Å²) < 4.78 is 2.00. The van der Waals surface area contributed by atoms with Crippen LogP contribution in [0.15, 0.2) is 79.3 Å². The van der Waals surface area contributed by atoms with E-state index in [4.69, 9.17) is 0 Å². The molecule has 0 spiro atoms. The first-order valence-corrected chi connectivity index (χ1v) is 7.26. The Morgan fingerprint density at radius 1 is 0.652 bits per heavy atom. The molecule has 5 heteroatoms. The first-order valence-electron chi connectivity index (χ1n) is 7.26. The van der Waals surface area contributed by atoms with E-state index in [0.717, 1.165) is 22.8 Å². The normalized spacial score (nSPS) is 10.6. The van der Waals surface area contributed by atoms with Crippen molar-refractivity contribution in [2.45, 2.75) is 0 Å². The van der Waals surface area contributed by atoms with E-state index in [2.05, 4.69) is 20.2 Å². The molecule has 0 atom stereocenters. The largest absolute Gasteiger partial charge is 0.274 e. The van der Waals surface area contributed by atoms with Gasteiger partial charge in [-0.1, -0.05) is 36.4 Å². The van der Waals surface area contributed by atoms with Gasteiger partial charge in [0, 0.05) is 24.2 Å². The monoisotopic (exact) mass is 299 g/mol. The summed E-state index contributed by atoms with van der Waals surface area (Å²) in [5, 5.41) is 8.76. The lowest BCUT2D eigenvalue weighted by molar-refractivity contribution is 1.05. The predicted octanol–water partition coefficient (Wildman–Crippen LogP) is 3.39. The van der Waals surface area contributed by atoms with Gasteiger partial charge >= 0.3 is 0 Å². The number of nitrogens with zero attached hydrogens (tertiary/aromatic N) is 5. The van der Waals surface area contributed by atoms with Crippen LogP contribution in [-0.4, -0.2) is 24.7 Å². The highest BCUT2D eigenvalue weighted by atomic mass is 15.3. The quantitative estimate of drug-likeness (QED) is 0.582. The molecule has 0 aliphatic heterocycles. The molecule has 3 heterocycles. The second kappa shape index (κ2) is 5.81. The van der Waals surface area contributed by atoms with Crippen LogP contribution in [0.5, 0.6) is 0 Å². The molecule has 0 saturated heterocycles. The number of aromatic nitrogens is 5. The molecule has 0 bridgehead atoms. The molecular weight excluding hydrogens is 286 g/mol. The van der Waals surface area contributed by atoms with Gasteiger partial charge in [0.2, 0.25) is 0 Å². The van der Waals surface area contributed by atoms with E-state index in [1.54, 1.807) is 18.6 Å². The molecule has 0 radical (unpaired) electrons. The summed E-state index contributed by atoms with van der Waals surface area (Å²) in [6, 6.07) is 19.6. The van der Waals surface area contributed by atoms with Crippen LogP contribution in [0.25, 0.3) is 28.6 Å². The molecule has 0 unspecified atom stereocenters. The Morgan fingerprint density at radius 3 is 2.13 bits per heavy atom. The first-order chi connectivity index (χ1) is 11.4. The molecular formula is C18H13N5. The van der Waals surface area contributed by atoms with Crippen molar-refractivity contribution in [1.29, 1.82) is 0 Å². The van der Waals surface area contributed by atoms with Crippen LogP contribution < -0.4 is 0 Å². The number of benzene rings is 1. The molecule has 110 valence electrons. The fourth-order valence-corrected chi connectivity index (χ4v) is 2.46. The second-order valence-electron chi connectivity index (χ2n) is 4.97. The third-order valence-electron chi connectivity index (χ3n) is 3.51. The maximum Gasteiger partial charge on any atom is 0.187 e. The second-order valence-corrected chi connectivity index (χ2v) is 4.97. The maximum absolute atomic E-state index is 4.40. The van der Waals surface area contributed by atoms with Crippen molar-refractivity contribution in [2.75, 3.05) is 0 Å².